The van der Waals surface area contributed by atoms with Gasteiger partial charge in [-0.15, -0.1) is 0 Å². The summed E-state index contributed by atoms with van der Waals surface area (Å²) in [5.41, 5.74) is 0.0550. The summed E-state index contributed by atoms with van der Waals surface area (Å²) in [5.74, 6) is -2.37. The van der Waals surface area contributed by atoms with Crippen molar-refractivity contribution in [2.24, 2.45) is 0 Å². The second kappa shape index (κ2) is 5.96. The molecule has 2 N–H and O–H groups in total. The number of amides is 4. The van der Waals surface area contributed by atoms with Crippen molar-refractivity contribution in [1.82, 2.24) is 5.32 Å². The number of hydrogen-bond acceptors (Lipinski definition) is 4. The monoisotopic (exact) mass is 326 g/mol. The van der Waals surface area contributed by atoms with Crippen molar-refractivity contribution in [3.63, 3.8) is 0 Å². The normalized spacial score (nSPS) is 16.5. The Morgan fingerprint density at radius 1 is 1.00 bits per heavy atom. The summed E-state index contributed by atoms with van der Waals surface area (Å²) in [7, 11) is 0. The summed E-state index contributed by atoms with van der Waals surface area (Å²) < 4.78 is 13.0. The fourth-order valence-electron chi connectivity index (χ4n) is 2.25. The van der Waals surface area contributed by atoms with Crippen molar-refractivity contribution in [1.29, 1.82) is 0 Å². The number of barbiturate groups is 1. The van der Waals surface area contributed by atoms with Crippen LogP contribution in [-0.4, -0.2) is 23.0 Å². The average Bonchev–Trinajstić information content (AvgIpc) is 2.54. The van der Waals surface area contributed by atoms with Gasteiger partial charge in [-0.3, -0.25) is 14.9 Å². The molecule has 4 amide bonds. The Balaban J connectivity index is 2.03. The van der Waals surface area contributed by atoms with E-state index in [-0.39, 0.29) is 22.6 Å². The Morgan fingerprint density at radius 2 is 1.67 bits per heavy atom. The summed E-state index contributed by atoms with van der Waals surface area (Å²) >= 11 is 0. The largest absolute Gasteiger partial charge is 0.507 e. The maximum Gasteiger partial charge on any atom is 0.335 e. The van der Waals surface area contributed by atoms with E-state index in [1.165, 1.54) is 30.3 Å². The number of carbonyl (C=O) groups is 3. The van der Waals surface area contributed by atoms with Crippen LogP contribution in [0.5, 0.6) is 5.75 Å². The number of rotatable bonds is 2. The maximum atomic E-state index is 13.0. The van der Waals surface area contributed by atoms with Gasteiger partial charge in [0.05, 0.1) is 5.69 Å². The molecule has 120 valence electrons. The number of benzene rings is 2. The van der Waals surface area contributed by atoms with Gasteiger partial charge in [0.1, 0.15) is 17.1 Å². The van der Waals surface area contributed by atoms with Gasteiger partial charge in [0.15, 0.2) is 0 Å². The number of phenolic OH excluding ortho intramolecular Hbond substituents is 1. The summed E-state index contributed by atoms with van der Waals surface area (Å²) in [6.45, 7) is 0. The molecule has 1 fully saturated rings. The lowest BCUT2D eigenvalue weighted by atomic mass is 10.1. The third-order valence-corrected chi connectivity index (χ3v) is 3.42. The highest BCUT2D eigenvalue weighted by Crippen LogP contribution is 2.24. The van der Waals surface area contributed by atoms with Crippen LogP contribution in [0.4, 0.5) is 14.9 Å². The van der Waals surface area contributed by atoms with Gasteiger partial charge >= 0.3 is 6.03 Å². The van der Waals surface area contributed by atoms with Crippen LogP contribution in [0, 0.1) is 5.82 Å². The van der Waals surface area contributed by atoms with Crippen LogP contribution in [-0.2, 0) is 9.59 Å². The van der Waals surface area contributed by atoms with Gasteiger partial charge in [-0.1, -0.05) is 18.2 Å². The molecule has 0 bridgehead atoms. The highest BCUT2D eigenvalue weighted by molar-refractivity contribution is 6.39. The molecule has 24 heavy (non-hydrogen) atoms. The summed E-state index contributed by atoms with van der Waals surface area (Å²) in [6, 6.07) is 9.90. The van der Waals surface area contributed by atoms with Gasteiger partial charge in [0.2, 0.25) is 0 Å². The van der Waals surface area contributed by atoms with Crippen molar-refractivity contribution < 1.29 is 23.9 Å². The van der Waals surface area contributed by atoms with E-state index < -0.39 is 23.7 Å². The van der Waals surface area contributed by atoms with Crippen LogP contribution in [0.25, 0.3) is 6.08 Å². The number of carbonyl (C=O) groups excluding carboxylic acids is 3. The fraction of sp³-hybridized carbons (Fsp3) is 0. The molecule has 2 aromatic rings. The van der Waals surface area contributed by atoms with Gasteiger partial charge in [-0.05, 0) is 36.4 Å². The zero-order chi connectivity index (χ0) is 17.3. The van der Waals surface area contributed by atoms with Gasteiger partial charge < -0.3 is 5.11 Å². The third kappa shape index (κ3) is 2.74. The smallest absolute Gasteiger partial charge is 0.335 e. The third-order valence-electron chi connectivity index (χ3n) is 3.42. The predicted molar refractivity (Wildman–Crippen MR) is 83.5 cm³/mol. The van der Waals surface area contributed by atoms with Crippen molar-refractivity contribution in [2.75, 3.05) is 4.90 Å². The number of anilines is 1. The van der Waals surface area contributed by atoms with Gasteiger partial charge in [0.25, 0.3) is 11.8 Å². The molecule has 0 aromatic heterocycles. The summed E-state index contributed by atoms with van der Waals surface area (Å²) in [4.78, 5) is 37.2. The molecule has 0 spiro atoms. The molecular weight excluding hydrogens is 315 g/mol. The molecule has 0 aliphatic carbocycles. The first-order chi connectivity index (χ1) is 11.5. The first-order valence-corrected chi connectivity index (χ1v) is 6.92. The zero-order valence-electron chi connectivity index (χ0n) is 12.2. The van der Waals surface area contributed by atoms with Crippen LogP contribution in [0.15, 0.2) is 54.1 Å². The molecule has 0 saturated carbocycles. The standard InChI is InChI=1S/C17H11FN2O4/c18-11-5-7-12(8-6-11)20-16(23)13(15(22)19-17(20)24)9-10-3-1-2-4-14(10)21/h1-9,21H,(H,19,22,24)/b13-9+. The molecule has 1 aliphatic rings. The number of para-hydroxylation sites is 1. The van der Waals surface area contributed by atoms with E-state index in [1.807, 2.05) is 5.32 Å². The number of nitrogens with zero attached hydrogens (tertiary/aromatic N) is 1. The van der Waals surface area contributed by atoms with Crippen LogP contribution >= 0.6 is 0 Å². The molecule has 2 aromatic carbocycles. The van der Waals surface area contributed by atoms with E-state index in [9.17, 15) is 23.9 Å². The van der Waals surface area contributed by atoms with E-state index in [1.54, 1.807) is 12.1 Å². The van der Waals surface area contributed by atoms with Crippen LogP contribution in [0.3, 0.4) is 0 Å². The lowest BCUT2D eigenvalue weighted by Gasteiger charge is -2.26. The molecule has 1 saturated heterocycles. The van der Waals surface area contributed by atoms with Gasteiger partial charge in [-0.2, -0.15) is 0 Å². The van der Waals surface area contributed by atoms with Gasteiger partial charge in [0, 0.05) is 5.56 Å². The number of urea groups is 1. The second-order valence-corrected chi connectivity index (χ2v) is 4.99. The Bertz CT molecular complexity index is 874. The van der Waals surface area contributed by atoms with E-state index in [2.05, 4.69) is 0 Å². The first-order valence-electron chi connectivity index (χ1n) is 6.92. The predicted octanol–water partition coefficient (Wildman–Crippen LogP) is 2.20. The lowest BCUT2D eigenvalue weighted by molar-refractivity contribution is -0.122. The molecule has 0 unspecified atom stereocenters. The molecule has 3 rings (SSSR count). The fourth-order valence-corrected chi connectivity index (χ4v) is 2.25. The molecular formula is C17H11FN2O4. The number of nitrogens with one attached hydrogen (secondary N) is 1. The van der Waals surface area contributed by atoms with E-state index >= 15 is 0 Å². The molecule has 0 radical (unpaired) electrons. The highest BCUT2D eigenvalue weighted by atomic mass is 19.1. The Labute approximate surface area is 135 Å². The highest BCUT2D eigenvalue weighted by Gasteiger charge is 2.36. The minimum atomic E-state index is -0.925. The maximum absolute atomic E-state index is 13.0. The van der Waals surface area contributed by atoms with Crippen molar-refractivity contribution in [3.05, 3.63) is 65.5 Å². The quantitative estimate of drug-likeness (QED) is 0.654. The number of aromatic hydroxyl groups is 1. The van der Waals surface area contributed by atoms with Crippen molar-refractivity contribution >= 4 is 29.6 Å². The van der Waals surface area contributed by atoms with E-state index in [0.29, 0.717) is 0 Å². The minimum Gasteiger partial charge on any atom is -0.507 e. The topological polar surface area (TPSA) is 86.7 Å². The Morgan fingerprint density at radius 3 is 2.33 bits per heavy atom. The van der Waals surface area contributed by atoms with E-state index in [0.717, 1.165) is 17.0 Å². The molecule has 1 heterocycles. The minimum absolute atomic E-state index is 0.115. The van der Waals surface area contributed by atoms with Crippen molar-refractivity contribution in [2.45, 2.75) is 0 Å². The van der Waals surface area contributed by atoms with Crippen LogP contribution in [0.2, 0.25) is 0 Å². The first kappa shape index (κ1) is 15.4. The SMILES string of the molecule is O=C1NC(=O)N(c2ccc(F)cc2)C(=O)/C1=C/c1ccccc1O. The number of halogens is 1. The molecule has 7 heteroatoms. The Hall–Kier alpha value is -3.48. The molecule has 1 aliphatic heterocycles. The molecule has 0 atom stereocenters. The number of imide groups is 2. The lowest BCUT2D eigenvalue weighted by Crippen LogP contribution is -2.54. The number of phenols is 1. The molecule has 6 nitrogen and oxygen atoms in total. The van der Waals surface area contributed by atoms with E-state index in [4.69, 9.17) is 0 Å². The summed E-state index contributed by atoms with van der Waals surface area (Å²) in [6.07, 6.45) is 1.19. The van der Waals surface area contributed by atoms with Gasteiger partial charge in [-0.25, -0.2) is 14.1 Å². The zero-order valence-corrected chi connectivity index (χ0v) is 12.2. The van der Waals surface area contributed by atoms with Crippen LogP contribution < -0.4 is 10.2 Å². The second-order valence-electron chi connectivity index (χ2n) is 4.99. The average molecular weight is 326 g/mol. The van der Waals surface area contributed by atoms with Crippen LogP contribution in [0.1, 0.15) is 5.56 Å². The summed E-state index contributed by atoms with van der Waals surface area (Å²) in [5, 5.41) is 11.8. The Kier molecular flexibility index (Phi) is 3.83. The van der Waals surface area contributed by atoms with Crippen molar-refractivity contribution in [3.8, 4) is 5.75 Å². The number of hydrogen-bond donors (Lipinski definition) is 2.